The lowest BCUT2D eigenvalue weighted by molar-refractivity contribution is -0.140. The number of carbonyl (C=O) groups excluding carboxylic acids is 1. The van der Waals surface area contributed by atoms with Crippen LogP contribution >= 0.6 is 0 Å². The van der Waals surface area contributed by atoms with Gasteiger partial charge in [0, 0.05) is 25.4 Å². The molecule has 1 rings (SSSR count). The number of amidine groups is 1. The maximum Gasteiger partial charge on any atom is 0.228 e. The van der Waals surface area contributed by atoms with Gasteiger partial charge in [-0.15, -0.1) is 0 Å². The molecule has 0 heterocycles. The summed E-state index contributed by atoms with van der Waals surface area (Å²) >= 11 is 0. The molecule has 0 unspecified atom stereocenters. The highest BCUT2D eigenvalue weighted by Crippen LogP contribution is 2.42. The van der Waals surface area contributed by atoms with Crippen LogP contribution in [0.15, 0.2) is 5.16 Å². The van der Waals surface area contributed by atoms with E-state index in [2.05, 4.69) is 12.1 Å². The van der Waals surface area contributed by atoms with E-state index in [1.54, 1.807) is 11.9 Å². The molecule has 0 spiro atoms. The molecule has 0 aromatic carbocycles. The second kappa shape index (κ2) is 5.89. The van der Waals surface area contributed by atoms with Crippen molar-refractivity contribution in [3.8, 4) is 0 Å². The SMILES string of the molecule is CCC1(C(=O)N(C)CCC(N)=NO)CCCC1. The van der Waals surface area contributed by atoms with E-state index in [1.165, 1.54) is 0 Å². The molecule has 1 fully saturated rings. The van der Waals surface area contributed by atoms with Crippen molar-refractivity contribution in [1.82, 2.24) is 4.90 Å². The summed E-state index contributed by atoms with van der Waals surface area (Å²) in [6.07, 6.45) is 5.60. The third-order valence-electron chi connectivity index (χ3n) is 3.87. The van der Waals surface area contributed by atoms with Crippen molar-refractivity contribution in [1.29, 1.82) is 0 Å². The van der Waals surface area contributed by atoms with Gasteiger partial charge in [-0.25, -0.2) is 0 Å². The summed E-state index contributed by atoms with van der Waals surface area (Å²) in [6, 6.07) is 0. The normalized spacial score (nSPS) is 19.3. The molecule has 0 bridgehead atoms. The van der Waals surface area contributed by atoms with Crippen LogP contribution in [0.3, 0.4) is 0 Å². The van der Waals surface area contributed by atoms with E-state index in [-0.39, 0.29) is 17.2 Å². The Morgan fingerprint density at radius 2 is 2.06 bits per heavy atom. The Hall–Kier alpha value is -1.26. The molecule has 5 heteroatoms. The Bertz CT molecular complexity index is 296. The Balaban J connectivity index is 2.56. The van der Waals surface area contributed by atoms with E-state index < -0.39 is 0 Å². The van der Waals surface area contributed by atoms with Crippen molar-refractivity contribution in [3.05, 3.63) is 0 Å². The molecular weight excluding hydrogens is 218 g/mol. The maximum absolute atomic E-state index is 12.4. The van der Waals surface area contributed by atoms with E-state index in [0.29, 0.717) is 13.0 Å². The van der Waals surface area contributed by atoms with Gasteiger partial charge in [-0.3, -0.25) is 4.79 Å². The number of nitrogens with zero attached hydrogens (tertiary/aromatic N) is 2. The molecule has 0 radical (unpaired) electrons. The summed E-state index contributed by atoms with van der Waals surface area (Å²) in [4.78, 5) is 14.1. The second-order valence-corrected chi connectivity index (χ2v) is 4.91. The average Bonchev–Trinajstić information content (AvgIpc) is 2.84. The molecule has 0 atom stereocenters. The van der Waals surface area contributed by atoms with Crippen molar-refractivity contribution in [2.75, 3.05) is 13.6 Å². The van der Waals surface area contributed by atoms with Gasteiger partial charge in [0.15, 0.2) is 0 Å². The Morgan fingerprint density at radius 3 is 2.53 bits per heavy atom. The van der Waals surface area contributed by atoms with Gasteiger partial charge in [-0.2, -0.15) is 0 Å². The lowest BCUT2D eigenvalue weighted by Crippen LogP contribution is -2.41. The third kappa shape index (κ3) is 3.11. The monoisotopic (exact) mass is 241 g/mol. The van der Waals surface area contributed by atoms with Crippen LogP contribution in [0.5, 0.6) is 0 Å². The van der Waals surface area contributed by atoms with E-state index in [0.717, 1.165) is 32.1 Å². The van der Waals surface area contributed by atoms with Crippen molar-refractivity contribution in [2.24, 2.45) is 16.3 Å². The summed E-state index contributed by atoms with van der Waals surface area (Å²) in [7, 11) is 1.79. The molecule has 17 heavy (non-hydrogen) atoms. The van der Waals surface area contributed by atoms with E-state index >= 15 is 0 Å². The first-order valence-electron chi connectivity index (χ1n) is 6.27. The Morgan fingerprint density at radius 1 is 1.47 bits per heavy atom. The first kappa shape index (κ1) is 13.8. The fourth-order valence-electron chi connectivity index (χ4n) is 2.61. The molecule has 0 saturated heterocycles. The predicted molar refractivity (Wildman–Crippen MR) is 66.9 cm³/mol. The van der Waals surface area contributed by atoms with Crippen LogP contribution in [-0.2, 0) is 4.79 Å². The number of amides is 1. The van der Waals surface area contributed by atoms with Gasteiger partial charge in [0.05, 0.1) is 0 Å². The number of nitrogens with two attached hydrogens (primary N) is 1. The van der Waals surface area contributed by atoms with E-state index in [9.17, 15) is 4.79 Å². The predicted octanol–water partition coefficient (Wildman–Crippen LogP) is 1.55. The van der Waals surface area contributed by atoms with Crippen molar-refractivity contribution in [2.45, 2.75) is 45.4 Å². The zero-order chi connectivity index (χ0) is 12.9. The van der Waals surface area contributed by atoms with Gasteiger partial charge in [0.1, 0.15) is 5.84 Å². The maximum atomic E-state index is 12.4. The molecule has 0 aromatic heterocycles. The fourth-order valence-corrected chi connectivity index (χ4v) is 2.61. The Kier molecular flexibility index (Phi) is 4.78. The van der Waals surface area contributed by atoms with Crippen molar-refractivity contribution in [3.63, 3.8) is 0 Å². The number of hydrogen-bond donors (Lipinski definition) is 2. The van der Waals surface area contributed by atoms with E-state index in [1.807, 2.05) is 0 Å². The Labute approximate surface area is 103 Å². The summed E-state index contributed by atoms with van der Waals surface area (Å²) < 4.78 is 0. The van der Waals surface area contributed by atoms with Crippen LogP contribution in [0.2, 0.25) is 0 Å². The number of oxime groups is 1. The highest BCUT2D eigenvalue weighted by molar-refractivity contribution is 5.84. The fraction of sp³-hybridized carbons (Fsp3) is 0.833. The molecule has 0 aliphatic heterocycles. The minimum atomic E-state index is -0.153. The molecule has 1 aliphatic rings. The van der Waals surface area contributed by atoms with Gasteiger partial charge in [0.2, 0.25) is 5.91 Å². The van der Waals surface area contributed by atoms with Crippen LogP contribution in [0.4, 0.5) is 0 Å². The number of rotatable bonds is 5. The highest BCUT2D eigenvalue weighted by atomic mass is 16.4. The number of carbonyl (C=O) groups is 1. The van der Waals surface area contributed by atoms with Gasteiger partial charge >= 0.3 is 0 Å². The average molecular weight is 241 g/mol. The molecule has 3 N–H and O–H groups in total. The summed E-state index contributed by atoms with van der Waals surface area (Å²) in [6.45, 7) is 2.59. The van der Waals surface area contributed by atoms with Crippen LogP contribution in [-0.4, -0.2) is 35.4 Å². The first-order valence-corrected chi connectivity index (χ1v) is 6.27. The van der Waals surface area contributed by atoms with Gasteiger partial charge < -0.3 is 15.8 Å². The van der Waals surface area contributed by atoms with Crippen LogP contribution in [0.1, 0.15) is 45.4 Å². The van der Waals surface area contributed by atoms with Gasteiger partial charge in [0.25, 0.3) is 0 Å². The van der Waals surface area contributed by atoms with Crippen LogP contribution < -0.4 is 5.73 Å². The summed E-state index contributed by atoms with van der Waals surface area (Å²) in [5.41, 5.74) is 5.25. The van der Waals surface area contributed by atoms with Crippen molar-refractivity contribution >= 4 is 11.7 Å². The van der Waals surface area contributed by atoms with Crippen LogP contribution in [0.25, 0.3) is 0 Å². The minimum absolute atomic E-state index is 0.153. The minimum Gasteiger partial charge on any atom is -0.409 e. The van der Waals surface area contributed by atoms with Crippen LogP contribution in [0, 0.1) is 5.41 Å². The largest absolute Gasteiger partial charge is 0.409 e. The molecule has 1 amide bonds. The quantitative estimate of drug-likeness (QED) is 0.332. The standard InChI is InChI=1S/C12H23N3O2/c1-3-12(7-4-5-8-12)11(16)15(2)9-6-10(13)14-17/h17H,3-9H2,1-2H3,(H2,13,14). The molecule has 0 aromatic rings. The lowest BCUT2D eigenvalue weighted by atomic mass is 9.82. The van der Waals surface area contributed by atoms with Gasteiger partial charge in [-0.1, -0.05) is 24.9 Å². The topological polar surface area (TPSA) is 78.9 Å². The highest BCUT2D eigenvalue weighted by Gasteiger charge is 2.40. The summed E-state index contributed by atoms with van der Waals surface area (Å²) in [5, 5.41) is 11.4. The second-order valence-electron chi connectivity index (χ2n) is 4.91. The molecule has 5 nitrogen and oxygen atoms in total. The van der Waals surface area contributed by atoms with Gasteiger partial charge in [-0.05, 0) is 19.3 Å². The zero-order valence-corrected chi connectivity index (χ0v) is 10.8. The molecular formula is C12H23N3O2. The van der Waals surface area contributed by atoms with E-state index in [4.69, 9.17) is 10.9 Å². The third-order valence-corrected chi connectivity index (χ3v) is 3.87. The lowest BCUT2D eigenvalue weighted by Gasteiger charge is -2.31. The zero-order valence-electron chi connectivity index (χ0n) is 10.8. The van der Waals surface area contributed by atoms with Crippen molar-refractivity contribution < 1.29 is 10.0 Å². The first-order chi connectivity index (χ1) is 8.05. The number of hydrogen-bond acceptors (Lipinski definition) is 3. The molecule has 1 saturated carbocycles. The summed E-state index contributed by atoms with van der Waals surface area (Å²) in [5.74, 6) is 0.380. The molecule has 98 valence electrons. The molecule has 1 aliphatic carbocycles. The smallest absolute Gasteiger partial charge is 0.228 e.